The molecule has 140 valence electrons. The third-order valence-electron chi connectivity index (χ3n) is 5.20. The number of ketones is 1. The summed E-state index contributed by atoms with van der Waals surface area (Å²) in [5.41, 5.74) is 0.321. The van der Waals surface area contributed by atoms with E-state index in [1.807, 2.05) is 0 Å². The average molecular weight is 355 g/mol. The van der Waals surface area contributed by atoms with Gasteiger partial charge in [-0.1, -0.05) is 52.7 Å². The lowest BCUT2D eigenvalue weighted by atomic mass is 9.97. The maximum atomic E-state index is 11.9. The van der Waals surface area contributed by atoms with E-state index in [1.165, 1.54) is 63.9 Å². The first-order valence-electron chi connectivity index (χ1n) is 9.73. The second kappa shape index (κ2) is 12.7. The molecular weight excluding hydrogens is 315 g/mol. The fourth-order valence-electron chi connectivity index (χ4n) is 3.56. The van der Waals surface area contributed by atoms with Crippen LogP contribution in [0.1, 0.15) is 72.6 Å². The molecule has 2 nitrogen and oxygen atoms in total. The largest absolute Gasteiger partial charge is 0.875 e. The average Bonchev–Trinajstić information content (AvgIpc) is 2.55. The summed E-state index contributed by atoms with van der Waals surface area (Å²) in [6.07, 6.45) is 13.9. The summed E-state index contributed by atoms with van der Waals surface area (Å²) >= 11 is 0. The van der Waals surface area contributed by atoms with Crippen molar-refractivity contribution in [1.82, 2.24) is 0 Å². The van der Waals surface area contributed by atoms with Crippen molar-refractivity contribution < 1.29 is 9.90 Å². The summed E-state index contributed by atoms with van der Waals surface area (Å²) in [7, 11) is -1.24. The smallest absolute Gasteiger partial charge is 0.136 e. The molecule has 0 amide bonds. The number of Topliss-reactive ketones (excluding diaryl/α,β-unsaturated/α-hetero) is 1. The third-order valence-corrected chi connectivity index (χ3v) is 10.7. The lowest BCUT2D eigenvalue weighted by Gasteiger charge is -2.36. The van der Waals surface area contributed by atoms with Crippen molar-refractivity contribution in [2.24, 2.45) is 5.92 Å². The molecule has 2 atom stereocenters. The zero-order chi connectivity index (χ0) is 18.6. The van der Waals surface area contributed by atoms with Gasteiger partial charge >= 0.3 is 0 Å². The first-order valence-corrected chi connectivity index (χ1v) is 12.1. The van der Waals surface area contributed by atoms with Crippen LogP contribution in [0.3, 0.4) is 0 Å². The number of hydrogen-bond donors (Lipinski definition) is 0. The summed E-state index contributed by atoms with van der Waals surface area (Å²) < 4.78 is 0. The fraction of sp³-hybridized carbons (Fsp3) is 0.762. The molecule has 0 spiro atoms. The molecule has 0 aliphatic carbocycles. The molecule has 0 saturated carbocycles. The number of rotatable bonds is 15. The molecule has 0 rings (SSSR count). The van der Waals surface area contributed by atoms with Crippen LogP contribution in [0.2, 0.25) is 0 Å². The van der Waals surface area contributed by atoms with Crippen molar-refractivity contribution in [3.05, 3.63) is 25.0 Å². The van der Waals surface area contributed by atoms with Crippen LogP contribution in [0.25, 0.3) is 0 Å². The molecule has 0 fully saturated rings. The Kier molecular flexibility index (Phi) is 12.4. The van der Waals surface area contributed by atoms with Crippen molar-refractivity contribution in [1.29, 1.82) is 0 Å². The summed E-state index contributed by atoms with van der Waals surface area (Å²) in [4.78, 5) is 11.9. The quantitative estimate of drug-likeness (QED) is 0.223. The minimum absolute atomic E-state index is 0.0403. The van der Waals surface area contributed by atoms with E-state index in [4.69, 9.17) is 0 Å². The molecule has 0 aliphatic heterocycles. The number of carbonyl (C=O) groups is 1. The summed E-state index contributed by atoms with van der Waals surface area (Å²) in [6.45, 7) is 15.9. The van der Waals surface area contributed by atoms with Crippen LogP contribution in [0.15, 0.2) is 25.0 Å². The lowest BCUT2D eigenvalue weighted by molar-refractivity contribution is -0.312. The second-order valence-corrected chi connectivity index (χ2v) is 11.6. The van der Waals surface area contributed by atoms with E-state index in [0.29, 0.717) is 12.1 Å². The molecule has 0 saturated heterocycles. The summed E-state index contributed by atoms with van der Waals surface area (Å²) in [5.74, 6) is -0.812. The molecule has 0 aliphatic rings. The number of hydrogen-bond acceptors (Lipinski definition) is 2. The van der Waals surface area contributed by atoms with Crippen molar-refractivity contribution in [2.45, 2.75) is 78.3 Å². The maximum absolute atomic E-state index is 11.9. The highest BCUT2D eigenvalue weighted by atomic mass is 31.2. The van der Waals surface area contributed by atoms with E-state index in [2.05, 4.69) is 40.0 Å². The maximum Gasteiger partial charge on any atom is 0.136 e. The van der Waals surface area contributed by atoms with Gasteiger partial charge in [0.1, 0.15) is 5.78 Å². The van der Waals surface area contributed by atoms with Crippen LogP contribution in [-0.4, -0.2) is 29.9 Å². The third kappa shape index (κ3) is 7.51. The Balaban J connectivity index is 5.57. The fourth-order valence-corrected chi connectivity index (χ4v) is 9.17. The number of carbonyl (C=O) groups excluding carboxylic acids is 1. The Morgan fingerprint density at radius 2 is 1.46 bits per heavy atom. The van der Waals surface area contributed by atoms with Crippen LogP contribution < -0.4 is 5.11 Å². The molecular formula is C21H39O2P. The van der Waals surface area contributed by atoms with E-state index >= 15 is 0 Å². The predicted octanol–water partition coefficient (Wildman–Crippen LogP) is 5.43. The highest BCUT2D eigenvalue weighted by Gasteiger charge is 2.43. The Morgan fingerprint density at radius 1 is 1.04 bits per heavy atom. The van der Waals surface area contributed by atoms with Gasteiger partial charge in [-0.25, -0.2) is 0 Å². The predicted molar refractivity (Wildman–Crippen MR) is 108 cm³/mol. The van der Waals surface area contributed by atoms with E-state index < -0.39 is 13.2 Å². The van der Waals surface area contributed by atoms with E-state index in [0.717, 1.165) is 0 Å². The van der Waals surface area contributed by atoms with Crippen LogP contribution in [0.4, 0.5) is 0 Å². The van der Waals surface area contributed by atoms with Gasteiger partial charge < -0.3 is 5.11 Å². The molecule has 0 bridgehead atoms. The van der Waals surface area contributed by atoms with Crippen molar-refractivity contribution in [3.8, 4) is 0 Å². The van der Waals surface area contributed by atoms with E-state index in [-0.39, 0.29) is 11.5 Å². The van der Waals surface area contributed by atoms with Gasteiger partial charge in [-0.15, -0.1) is 12.3 Å². The summed E-state index contributed by atoms with van der Waals surface area (Å²) in [5, 5.41) is 11.9. The minimum atomic E-state index is -1.24. The van der Waals surface area contributed by atoms with Gasteiger partial charge in [-0.3, -0.25) is 4.79 Å². The molecule has 2 unspecified atom stereocenters. The monoisotopic (exact) mass is 354 g/mol. The van der Waals surface area contributed by atoms with Gasteiger partial charge in [0.15, 0.2) is 0 Å². The van der Waals surface area contributed by atoms with Gasteiger partial charge in [0, 0.05) is 13.2 Å². The Morgan fingerprint density at radius 3 is 1.71 bits per heavy atom. The van der Waals surface area contributed by atoms with Crippen molar-refractivity contribution in [2.75, 3.05) is 18.5 Å². The molecule has 24 heavy (non-hydrogen) atoms. The van der Waals surface area contributed by atoms with Gasteiger partial charge in [-0.05, 0) is 32.6 Å². The standard InChI is InChI=1S/C21H39O2P/c1-7-11-14-24(15-12-8-2,16-13-9-3)20(10-4)17-21(18(5)22)19(6)23/h10,20-21H,4-5,7-9,11-17H2,1-3,6H3. The van der Waals surface area contributed by atoms with Crippen molar-refractivity contribution in [3.63, 3.8) is 0 Å². The van der Waals surface area contributed by atoms with E-state index in [1.54, 1.807) is 0 Å². The molecule has 0 heterocycles. The van der Waals surface area contributed by atoms with Crippen molar-refractivity contribution >= 4 is 13.0 Å². The van der Waals surface area contributed by atoms with Crippen LogP contribution in [0.5, 0.6) is 0 Å². The molecule has 0 N–H and O–H groups in total. The Labute approximate surface area is 151 Å². The molecule has 0 aromatic heterocycles. The van der Waals surface area contributed by atoms with Crippen LogP contribution >= 0.6 is 7.26 Å². The highest BCUT2D eigenvalue weighted by Crippen LogP contribution is 2.66. The first kappa shape index (κ1) is 23.4. The highest BCUT2D eigenvalue weighted by molar-refractivity contribution is 7.76. The topological polar surface area (TPSA) is 40.1 Å². The van der Waals surface area contributed by atoms with E-state index in [9.17, 15) is 9.90 Å². The Bertz CT molecular complexity index is 354. The van der Waals surface area contributed by atoms with Gasteiger partial charge in [0.2, 0.25) is 0 Å². The zero-order valence-corrected chi connectivity index (χ0v) is 17.4. The molecule has 0 radical (unpaired) electrons. The van der Waals surface area contributed by atoms with Gasteiger partial charge in [0.05, 0.1) is 24.1 Å². The SMILES string of the molecule is C=CC(CC(C(=C)[O-])C(C)=O)[P+](CCCC)(CCCC)CCCC. The first-order chi connectivity index (χ1) is 11.4. The minimum Gasteiger partial charge on any atom is -0.875 e. The van der Waals surface area contributed by atoms with Gasteiger partial charge in [0.25, 0.3) is 0 Å². The number of unbranched alkanes of at least 4 members (excludes halogenated alkanes) is 3. The molecule has 0 aromatic carbocycles. The Hall–Kier alpha value is -0.620. The van der Waals surface area contributed by atoms with Crippen LogP contribution in [-0.2, 0) is 4.79 Å². The zero-order valence-electron chi connectivity index (χ0n) is 16.5. The normalized spacial score (nSPS) is 14.2. The lowest BCUT2D eigenvalue weighted by Crippen LogP contribution is -2.29. The van der Waals surface area contributed by atoms with Gasteiger partial charge in [-0.2, -0.15) is 0 Å². The molecule has 0 aromatic rings. The van der Waals surface area contributed by atoms with Crippen LogP contribution in [0, 0.1) is 5.92 Å². The summed E-state index contributed by atoms with van der Waals surface area (Å²) in [6, 6.07) is 0. The number of allylic oxidation sites excluding steroid dienone is 2. The second-order valence-electron chi connectivity index (χ2n) is 7.12. The molecule has 3 heteroatoms.